The molecule has 37 heavy (non-hydrogen) atoms. The maximum Gasteiger partial charge on any atom is 0.191 e. The molecule has 3 aliphatic heterocycles. The topological polar surface area (TPSA) is 55.5 Å². The number of halogens is 2. The molecule has 0 spiro atoms. The van der Waals surface area contributed by atoms with Crippen LogP contribution in [-0.4, -0.2) is 40.5 Å². The fourth-order valence-electron chi connectivity index (χ4n) is 6.00. The van der Waals surface area contributed by atoms with Crippen molar-refractivity contribution < 1.29 is 40.2 Å². The number of benzene rings is 3. The van der Waals surface area contributed by atoms with Crippen molar-refractivity contribution in [2.24, 2.45) is 5.92 Å². The Balaban J connectivity index is 0.00000280. The minimum atomic E-state index is -1.41. The highest BCUT2D eigenvalue weighted by Crippen LogP contribution is 2.39. The number of quaternary nitrogens is 1. The Morgan fingerprint density at radius 3 is 2.19 bits per heavy atom. The molecule has 0 unspecified atom stereocenters. The predicted molar refractivity (Wildman–Crippen MR) is 134 cm³/mol. The van der Waals surface area contributed by atoms with Gasteiger partial charge in [-0.05, 0) is 23.3 Å². The van der Waals surface area contributed by atoms with Crippen LogP contribution >= 0.6 is 0 Å². The lowest BCUT2D eigenvalue weighted by Crippen LogP contribution is -3.00. The lowest BCUT2D eigenvalue weighted by molar-refractivity contribution is -0.959. The van der Waals surface area contributed by atoms with Gasteiger partial charge in [-0.2, -0.15) is 0 Å². The molecule has 0 amide bonds. The van der Waals surface area contributed by atoms with Gasteiger partial charge in [0.2, 0.25) is 0 Å². The van der Waals surface area contributed by atoms with Crippen molar-refractivity contribution in [3.63, 3.8) is 0 Å². The minimum Gasteiger partial charge on any atom is -1.00 e. The average Bonchev–Trinajstić information content (AvgIpc) is 3.38. The third-order valence-corrected chi connectivity index (χ3v) is 7.93. The van der Waals surface area contributed by atoms with Gasteiger partial charge in [0, 0.05) is 30.9 Å². The van der Waals surface area contributed by atoms with Crippen molar-refractivity contribution in [2.75, 3.05) is 19.6 Å². The molecule has 3 aromatic carbocycles. The second-order valence-corrected chi connectivity index (χ2v) is 10.2. The Labute approximate surface area is 226 Å². The molecule has 7 rings (SSSR count). The van der Waals surface area contributed by atoms with E-state index in [4.69, 9.17) is 9.26 Å². The van der Waals surface area contributed by atoms with Crippen LogP contribution < -0.4 is 21.7 Å². The number of hydrogen-bond donors (Lipinski definition) is 1. The predicted octanol–water partition coefficient (Wildman–Crippen LogP) is 2.29. The minimum absolute atomic E-state index is 0. The van der Waals surface area contributed by atoms with Crippen LogP contribution in [-0.2, 0) is 12.1 Å². The van der Waals surface area contributed by atoms with Crippen molar-refractivity contribution in [1.29, 1.82) is 0 Å². The van der Waals surface area contributed by atoms with E-state index in [2.05, 4.69) is 5.16 Å². The molecular weight excluding hydrogens is 535 g/mol. The van der Waals surface area contributed by atoms with Crippen LogP contribution in [0, 0.1) is 11.7 Å². The highest BCUT2D eigenvalue weighted by atomic mass is 79.9. The zero-order chi connectivity index (χ0) is 24.6. The van der Waals surface area contributed by atoms with Crippen molar-refractivity contribution in [2.45, 2.75) is 31.1 Å². The smallest absolute Gasteiger partial charge is 0.191 e. The molecule has 2 bridgehead atoms. The molecule has 3 fully saturated rings. The first-order valence-electron chi connectivity index (χ1n) is 12.6. The third-order valence-electron chi connectivity index (χ3n) is 7.93. The van der Waals surface area contributed by atoms with Crippen LogP contribution in [0.2, 0.25) is 0 Å². The maximum atomic E-state index is 13.7. The summed E-state index contributed by atoms with van der Waals surface area (Å²) in [4.78, 5) is 0. The fourth-order valence-corrected chi connectivity index (χ4v) is 6.00. The summed E-state index contributed by atoms with van der Waals surface area (Å²) in [6.07, 6.45) is 2.18. The van der Waals surface area contributed by atoms with Gasteiger partial charge in [0.1, 0.15) is 30.4 Å². The maximum absolute atomic E-state index is 13.7. The SMILES string of the molecule is OC(c1ccccc1)(c1ccccc1)c1cc(C[N+]23CCC(CC2)[C@@H](Oc2cccc(F)c2)C3)on1.[Br-]. The Hall–Kier alpha value is -3.00. The van der Waals surface area contributed by atoms with E-state index in [1.165, 1.54) is 12.1 Å². The van der Waals surface area contributed by atoms with Gasteiger partial charge in [0.25, 0.3) is 0 Å². The first kappa shape index (κ1) is 25.6. The van der Waals surface area contributed by atoms with Gasteiger partial charge in [-0.25, -0.2) is 4.39 Å². The van der Waals surface area contributed by atoms with Gasteiger partial charge < -0.3 is 35.8 Å². The summed E-state index contributed by atoms with van der Waals surface area (Å²) < 4.78 is 26.7. The average molecular weight is 565 g/mol. The lowest BCUT2D eigenvalue weighted by Gasteiger charge is -2.51. The molecule has 0 aliphatic carbocycles. The van der Waals surface area contributed by atoms with Crippen LogP contribution in [0.1, 0.15) is 35.4 Å². The summed E-state index contributed by atoms with van der Waals surface area (Å²) in [5.74, 6) is 1.54. The Morgan fingerprint density at radius 1 is 0.919 bits per heavy atom. The standard InChI is InChI=1S/C30H30FN2O3.BrH/c31-25-12-7-13-26(18-25)35-28-21-33(16-14-22(28)15-17-33)20-27-19-29(32-36-27)30(34,23-8-3-1-4-9-23)24-10-5-2-6-11-24;/h1-13,18-19,22,28,34H,14-17,20-21H2;1H/q+1;/p-1/t22?,28-,33?;/m0./s1. The number of fused-ring (bicyclic) bond motifs is 3. The van der Waals surface area contributed by atoms with E-state index in [-0.39, 0.29) is 28.9 Å². The molecule has 192 valence electrons. The Kier molecular flexibility index (Phi) is 7.21. The van der Waals surface area contributed by atoms with E-state index in [0.29, 0.717) is 23.9 Å². The zero-order valence-electron chi connectivity index (χ0n) is 20.5. The van der Waals surface area contributed by atoms with E-state index < -0.39 is 5.60 Å². The molecule has 0 saturated carbocycles. The van der Waals surface area contributed by atoms with Gasteiger partial charge in [-0.1, -0.05) is 71.9 Å². The molecule has 5 nitrogen and oxygen atoms in total. The van der Waals surface area contributed by atoms with Gasteiger partial charge in [-0.15, -0.1) is 0 Å². The first-order chi connectivity index (χ1) is 17.5. The van der Waals surface area contributed by atoms with Crippen LogP contribution in [0.5, 0.6) is 5.75 Å². The van der Waals surface area contributed by atoms with Crippen LogP contribution in [0.15, 0.2) is 95.5 Å². The summed E-state index contributed by atoms with van der Waals surface area (Å²) in [6.45, 7) is 3.62. The van der Waals surface area contributed by atoms with Crippen molar-refractivity contribution in [3.8, 4) is 5.75 Å². The molecule has 0 radical (unpaired) electrons. The molecule has 3 saturated heterocycles. The number of aromatic nitrogens is 1. The second kappa shape index (κ2) is 10.4. The Bertz CT molecular complexity index is 1280. The second-order valence-electron chi connectivity index (χ2n) is 10.2. The number of piperidine rings is 3. The Morgan fingerprint density at radius 2 is 1.57 bits per heavy atom. The fraction of sp³-hybridized carbons (Fsp3) is 0.300. The quantitative estimate of drug-likeness (QED) is 0.350. The molecule has 1 atom stereocenters. The van der Waals surface area contributed by atoms with Gasteiger partial charge in [-0.3, -0.25) is 0 Å². The van der Waals surface area contributed by atoms with Gasteiger partial charge >= 0.3 is 0 Å². The summed E-state index contributed by atoms with van der Waals surface area (Å²) in [5, 5.41) is 16.4. The van der Waals surface area contributed by atoms with Crippen molar-refractivity contribution in [1.82, 2.24) is 5.16 Å². The van der Waals surface area contributed by atoms with Gasteiger partial charge in [0.05, 0.1) is 13.1 Å². The molecule has 3 aliphatic rings. The number of rotatable bonds is 7. The van der Waals surface area contributed by atoms with Crippen LogP contribution in [0.3, 0.4) is 0 Å². The van der Waals surface area contributed by atoms with E-state index in [0.717, 1.165) is 53.8 Å². The monoisotopic (exact) mass is 564 g/mol. The lowest BCUT2D eigenvalue weighted by atomic mass is 9.82. The normalized spacial score (nSPS) is 22.9. The van der Waals surface area contributed by atoms with E-state index >= 15 is 0 Å². The number of nitrogens with zero attached hydrogens (tertiary/aromatic N) is 2. The number of ether oxygens (including phenoxy) is 1. The molecule has 1 N–H and O–H groups in total. The van der Waals surface area contributed by atoms with Crippen molar-refractivity contribution >= 4 is 0 Å². The summed E-state index contributed by atoms with van der Waals surface area (Å²) >= 11 is 0. The highest BCUT2D eigenvalue weighted by molar-refractivity contribution is 5.44. The molecule has 1 aromatic heterocycles. The number of hydrogen-bond acceptors (Lipinski definition) is 4. The van der Waals surface area contributed by atoms with E-state index in [1.807, 2.05) is 72.8 Å². The molecular formula is C30H30BrFN2O3. The van der Waals surface area contributed by atoms with Crippen molar-refractivity contribution in [3.05, 3.63) is 119 Å². The largest absolute Gasteiger partial charge is 1.00 e. The van der Waals surface area contributed by atoms with Gasteiger partial charge in [0.15, 0.2) is 17.5 Å². The summed E-state index contributed by atoms with van der Waals surface area (Å²) in [7, 11) is 0. The summed E-state index contributed by atoms with van der Waals surface area (Å²) in [5.41, 5.74) is 0.547. The molecule has 7 heteroatoms. The van der Waals surface area contributed by atoms with Crippen LogP contribution in [0.25, 0.3) is 0 Å². The third kappa shape index (κ3) is 4.96. The van der Waals surface area contributed by atoms with E-state index in [1.54, 1.807) is 6.07 Å². The molecule has 4 heterocycles. The summed E-state index contributed by atoms with van der Waals surface area (Å²) in [6, 6.07) is 27.5. The highest BCUT2D eigenvalue weighted by Gasteiger charge is 2.48. The van der Waals surface area contributed by atoms with Crippen LogP contribution in [0.4, 0.5) is 4.39 Å². The number of aliphatic hydroxyl groups is 1. The van der Waals surface area contributed by atoms with E-state index in [9.17, 15) is 9.50 Å². The zero-order valence-corrected chi connectivity index (χ0v) is 22.1. The first-order valence-corrected chi connectivity index (χ1v) is 12.6. The molecule has 4 aromatic rings.